The van der Waals surface area contributed by atoms with Gasteiger partial charge in [0.1, 0.15) is 12.4 Å². The molecular formula is C41H72NO11P. The van der Waals surface area contributed by atoms with Gasteiger partial charge in [-0.05, 0) is 57.8 Å². The fourth-order valence-corrected chi connectivity index (χ4v) is 6.96. The zero-order valence-corrected chi connectivity index (χ0v) is 34.1. The first-order valence-electron chi connectivity index (χ1n) is 20.6. The Morgan fingerprint density at radius 3 is 2.15 bits per heavy atom. The number of unbranched alkanes of at least 4 members (excludes halogenated alkanes) is 12. The van der Waals surface area contributed by atoms with E-state index in [9.17, 15) is 34.1 Å². The van der Waals surface area contributed by atoms with Gasteiger partial charge >= 0.3 is 19.8 Å². The molecule has 6 atom stereocenters. The molecule has 0 radical (unpaired) electrons. The molecule has 312 valence electrons. The van der Waals surface area contributed by atoms with E-state index in [1.807, 2.05) is 12.2 Å². The number of Topliss-reactive ketones (excluding diaryl/α,β-unsaturated/α-hetero) is 1. The van der Waals surface area contributed by atoms with Crippen molar-refractivity contribution in [2.75, 3.05) is 26.4 Å². The third kappa shape index (κ3) is 25.8. The van der Waals surface area contributed by atoms with Crippen LogP contribution in [0.15, 0.2) is 36.5 Å². The monoisotopic (exact) mass is 785 g/mol. The van der Waals surface area contributed by atoms with E-state index < -0.39 is 50.6 Å². The Hall–Kier alpha value is -2.18. The highest BCUT2D eigenvalue weighted by Gasteiger charge is 2.39. The predicted molar refractivity (Wildman–Crippen MR) is 211 cm³/mol. The molecule has 0 aromatic carbocycles. The summed E-state index contributed by atoms with van der Waals surface area (Å²) in [4.78, 5) is 47.4. The van der Waals surface area contributed by atoms with E-state index in [0.717, 1.165) is 57.8 Å². The Bertz CT molecular complexity index is 1140. The second-order valence-electron chi connectivity index (χ2n) is 14.3. The van der Waals surface area contributed by atoms with Crippen LogP contribution in [-0.4, -0.2) is 77.5 Å². The smallest absolute Gasteiger partial charge is 0.462 e. The topological polar surface area (TPSA) is 192 Å². The summed E-state index contributed by atoms with van der Waals surface area (Å²) < 4.78 is 32.6. The fourth-order valence-electron chi connectivity index (χ4n) is 6.20. The van der Waals surface area contributed by atoms with Crippen molar-refractivity contribution in [2.45, 2.75) is 167 Å². The standard InChI is InChI=1S/C41H72NO11P/c1-3-5-7-8-9-10-11-12-13-14-15-16-22-26-41(47)53-35(33-52-54(48,49)51-30-29-42)32-50-40(46)25-21-18-17-20-24-36-37(39(45)31-38(36)44)28-27-34(43)23-19-6-4-2/h10-11,17,20,27-28,34-38,43-44H,3-9,12-16,18-19,21-26,29-33,42H2,1-2H3,(H,48,49)/b11-10-,20-17-,28-27+/t34-,35+,36+,37+,38-/m0/s1. The van der Waals surface area contributed by atoms with Gasteiger partial charge in [0.15, 0.2) is 6.10 Å². The van der Waals surface area contributed by atoms with Gasteiger partial charge in [-0.1, -0.05) is 108 Å². The van der Waals surface area contributed by atoms with Gasteiger partial charge in [-0.25, -0.2) is 4.57 Å². The van der Waals surface area contributed by atoms with E-state index in [1.165, 1.54) is 25.7 Å². The molecule has 1 fully saturated rings. The van der Waals surface area contributed by atoms with Crippen molar-refractivity contribution in [1.82, 2.24) is 0 Å². The van der Waals surface area contributed by atoms with Gasteiger partial charge in [0, 0.05) is 37.6 Å². The summed E-state index contributed by atoms with van der Waals surface area (Å²) in [7, 11) is -4.44. The molecule has 1 aliphatic rings. The normalized spacial score (nSPS) is 19.9. The number of ether oxygens (including phenoxy) is 2. The van der Waals surface area contributed by atoms with Gasteiger partial charge in [0.25, 0.3) is 0 Å². The highest BCUT2D eigenvalue weighted by molar-refractivity contribution is 7.47. The third-order valence-electron chi connectivity index (χ3n) is 9.38. The first-order valence-corrected chi connectivity index (χ1v) is 22.1. The Morgan fingerprint density at radius 2 is 1.44 bits per heavy atom. The first-order chi connectivity index (χ1) is 26.0. The maximum absolute atomic E-state index is 12.6. The van der Waals surface area contributed by atoms with Gasteiger partial charge in [0.05, 0.1) is 25.4 Å². The molecule has 0 bridgehead atoms. The van der Waals surface area contributed by atoms with E-state index in [-0.39, 0.29) is 50.7 Å². The molecule has 12 nitrogen and oxygen atoms in total. The van der Waals surface area contributed by atoms with Gasteiger partial charge in [-0.2, -0.15) is 0 Å². The van der Waals surface area contributed by atoms with Crippen molar-refractivity contribution in [2.24, 2.45) is 17.6 Å². The number of hydrogen-bond donors (Lipinski definition) is 4. The van der Waals surface area contributed by atoms with Crippen LogP contribution in [0.3, 0.4) is 0 Å². The number of carbonyl (C=O) groups is 3. The van der Waals surface area contributed by atoms with E-state index >= 15 is 0 Å². The maximum atomic E-state index is 12.6. The van der Waals surface area contributed by atoms with Crippen LogP contribution in [0.1, 0.15) is 149 Å². The Morgan fingerprint density at radius 1 is 0.833 bits per heavy atom. The summed E-state index contributed by atoms with van der Waals surface area (Å²) >= 11 is 0. The van der Waals surface area contributed by atoms with Gasteiger partial charge in [-0.3, -0.25) is 23.4 Å². The lowest BCUT2D eigenvalue weighted by molar-refractivity contribution is -0.161. The summed E-state index contributed by atoms with van der Waals surface area (Å²) in [5.74, 6) is -1.77. The lowest BCUT2D eigenvalue weighted by atomic mass is 9.90. The van der Waals surface area contributed by atoms with Crippen LogP contribution in [0.5, 0.6) is 0 Å². The summed E-state index contributed by atoms with van der Waals surface area (Å²) in [6.07, 6.45) is 26.9. The number of carbonyl (C=O) groups excluding carboxylic acids is 3. The molecule has 0 aliphatic heterocycles. The lowest BCUT2D eigenvalue weighted by Gasteiger charge is -2.19. The summed E-state index contributed by atoms with van der Waals surface area (Å²) in [5.41, 5.74) is 5.33. The highest BCUT2D eigenvalue weighted by Crippen LogP contribution is 2.43. The Labute approximate surface area is 324 Å². The van der Waals surface area contributed by atoms with Crippen molar-refractivity contribution in [3.63, 3.8) is 0 Å². The van der Waals surface area contributed by atoms with Crippen LogP contribution < -0.4 is 5.73 Å². The van der Waals surface area contributed by atoms with Gasteiger partial charge in [0.2, 0.25) is 0 Å². The number of phosphoric ester groups is 1. The van der Waals surface area contributed by atoms with Gasteiger partial charge in [-0.15, -0.1) is 0 Å². The second kappa shape index (κ2) is 32.0. The lowest BCUT2D eigenvalue weighted by Crippen LogP contribution is -2.29. The number of esters is 2. The van der Waals surface area contributed by atoms with Crippen LogP contribution in [0.25, 0.3) is 0 Å². The molecule has 0 spiro atoms. The Kier molecular flexibility index (Phi) is 29.5. The molecule has 1 unspecified atom stereocenters. The second-order valence-corrected chi connectivity index (χ2v) is 15.7. The summed E-state index contributed by atoms with van der Waals surface area (Å²) in [6.45, 7) is 3.28. The predicted octanol–water partition coefficient (Wildman–Crippen LogP) is 7.97. The fraction of sp³-hybridized carbons (Fsp3) is 0.780. The number of hydrogen-bond acceptors (Lipinski definition) is 11. The number of allylic oxidation sites excluding steroid dienone is 5. The quantitative estimate of drug-likeness (QED) is 0.0213. The number of aliphatic hydroxyl groups excluding tert-OH is 2. The minimum atomic E-state index is -4.44. The molecule has 5 N–H and O–H groups in total. The third-order valence-corrected chi connectivity index (χ3v) is 10.4. The zero-order valence-electron chi connectivity index (χ0n) is 33.2. The van der Waals surface area contributed by atoms with Crippen LogP contribution in [-0.2, 0) is 37.5 Å². The average Bonchev–Trinajstić information content (AvgIpc) is 3.41. The largest absolute Gasteiger partial charge is 0.472 e. The SMILES string of the molecule is CCCCCC/C=C\CCCCCCCC(=O)O[C@H](COC(=O)CCC/C=C\C[C@H]1[C@@H](O)CC(=O)[C@@H]1/C=C/[C@@H](O)CCCCC)COP(=O)(O)OCCN. The highest BCUT2D eigenvalue weighted by atomic mass is 31.2. The van der Waals surface area contributed by atoms with Crippen molar-refractivity contribution in [3.05, 3.63) is 36.5 Å². The number of rotatable bonds is 34. The molecule has 0 aromatic rings. The van der Waals surface area contributed by atoms with Crippen LogP contribution >= 0.6 is 7.82 Å². The molecule has 0 saturated heterocycles. The molecule has 1 saturated carbocycles. The average molecular weight is 786 g/mol. The minimum Gasteiger partial charge on any atom is -0.462 e. The molecule has 0 aromatic heterocycles. The number of nitrogens with two attached hydrogens (primary N) is 1. The van der Waals surface area contributed by atoms with Crippen molar-refractivity contribution in [1.29, 1.82) is 0 Å². The minimum absolute atomic E-state index is 0.0132. The van der Waals surface area contributed by atoms with E-state index in [2.05, 4.69) is 26.0 Å². The van der Waals surface area contributed by atoms with E-state index in [4.69, 9.17) is 24.3 Å². The van der Waals surface area contributed by atoms with Crippen molar-refractivity contribution in [3.8, 4) is 0 Å². The number of aliphatic hydroxyl groups is 2. The zero-order chi connectivity index (χ0) is 39.9. The van der Waals surface area contributed by atoms with E-state index in [1.54, 1.807) is 12.2 Å². The Balaban J connectivity index is 2.45. The first kappa shape index (κ1) is 49.8. The molecule has 54 heavy (non-hydrogen) atoms. The van der Waals surface area contributed by atoms with Crippen LogP contribution in [0, 0.1) is 11.8 Å². The van der Waals surface area contributed by atoms with Crippen LogP contribution in [0.4, 0.5) is 0 Å². The number of ketones is 1. The molecule has 1 rings (SSSR count). The van der Waals surface area contributed by atoms with Gasteiger partial charge < -0.3 is 30.3 Å². The van der Waals surface area contributed by atoms with Crippen molar-refractivity contribution < 1.29 is 52.6 Å². The number of phosphoric acid groups is 1. The van der Waals surface area contributed by atoms with E-state index in [0.29, 0.717) is 32.1 Å². The molecule has 0 heterocycles. The van der Waals surface area contributed by atoms with Crippen LogP contribution in [0.2, 0.25) is 0 Å². The summed E-state index contributed by atoms with van der Waals surface area (Å²) in [6, 6.07) is 0. The van der Waals surface area contributed by atoms with Crippen molar-refractivity contribution >= 4 is 25.5 Å². The molecule has 0 amide bonds. The molecule has 13 heteroatoms. The molecular weight excluding hydrogens is 713 g/mol. The molecule has 1 aliphatic carbocycles. The summed E-state index contributed by atoms with van der Waals surface area (Å²) in [5, 5.41) is 20.7. The maximum Gasteiger partial charge on any atom is 0.472 e.